The van der Waals surface area contributed by atoms with Gasteiger partial charge < -0.3 is 19.9 Å². The van der Waals surface area contributed by atoms with Crippen molar-refractivity contribution in [2.75, 3.05) is 65.0 Å². The SMILES string of the molecule is COC1(Cc2ccccc2F)CCC(N2CCN(C(=NS(=O)(=O)c3ccc(N[C@H](CCN(C)C)CSc4ccccc4)c(N=O)c3)NC#N)CC2)CC1. The van der Waals surface area contributed by atoms with Gasteiger partial charge in [0.25, 0.3) is 10.0 Å². The molecule has 3 aromatic carbocycles. The Bertz CT molecular complexity index is 1840. The Morgan fingerprint density at radius 1 is 1.08 bits per heavy atom. The zero-order valence-electron chi connectivity index (χ0n) is 30.6. The normalized spacial score (nSPS) is 20.5. The zero-order valence-corrected chi connectivity index (χ0v) is 32.2. The summed E-state index contributed by atoms with van der Waals surface area (Å²) in [5, 5.41) is 18.5. The van der Waals surface area contributed by atoms with Crippen LogP contribution in [-0.2, 0) is 21.2 Å². The highest BCUT2D eigenvalue weighted by Gasteiger charge is 2.38. The van der Waals surface area contributed by atoms with Gasteiger partial charge in [-0.3, -0.25) is 10.2 Å². The first-order valence-corrected chi connectivity index (χ1v) is 20.3. The third-order valence-electron chi connectivity index (χ3n) is 10.1. The minimum atomic E-state index is -4.31. The van der Waals surface area contributed by atoms with Gasteiger partial charge in [0.05, 0.1) is 16.2 Å². The molecule has 0 amide bonds. The maximum absolute atomic E-state index is 14.4. The number of anilines is 1. The molecule has 0 aromatic heterocycles. The Labute approximate surface area is 316 Å². The summed E-state index contributed by atoms with van der Waals surface area (Å²) in [5.74, 6) is 0.445. The summed E-state index contributed by atoms with van der Waals surface area (Å²) in [6.45, 7) is 3.04. The Morgan fingerprint density at radius 3 is 2.42 bits per heavy atom. The van der Waals surface area contributed by atoms with Crippen LogP contribution in [0.15, 0.2) is 92.2 Å². The van der Waals surface area contributed by atoms with E-state index in [-0.39, 0.29) is 28.4 Å². The third-order valence-corrected chi connectivity index (χ3v) is 12.6. The zero-order chi connectivity index (χ0) is 37.8. The number of methoxy groups -OCH3 is 1. The highest BCUT2D eigenvalue weighted by molar-refractivity contribution is 7.99. The van der Waals surface area contributed by atoms with E-state index in [0.29, 0.717) is 49.9 Å². The number of rotatable bonds is 15. The maximum atomic E-state index is 14.4. The molecule has 2 N–H and O–H groups in total. The second-order valence-electron chi connectivity index (χ2n) is 13.9. The molecule has 0 spiro atoms. The molecular formula is C38H49FN8O4S2. The van der Waals surface area contributed by atoms with Crippen molar-refractivity contribution in [1.29, 1.82) is 5.26 Å². The number of nitrogens with one attached hydrogen (secondary N) is 2. The number of sulfonamides is 1. The number of piperazine rings is 1. The van der Waals surface area contributed by atoms with Gasteiger partial charge >= 0.3 is 0 Å². The van der Waals surface area contributed by atoms with Crippen molar-refractivity contribution in [2.45, 2.75) is 66.0 Å². The van der Waals surface area contributed by atoms with Crippen LogP contribution < -0.4 is 10.6 Å². The average molecular weight is 765 g/mol. The molecule has 1 saturated carbocycles. The Kier molecular flexibility index (Phi) is 14.2. The molecule has 0 bridgehead atoms. The molecular weight excluding hydrogens is 716 g/mol. The van der Waals surface area contributed by atoms with E-state index in [2.05, 4.69) is 30.0 Å². The van der Waals surface area contributed by atoms with E-state index < -0.39 is 15.6 Å². The summed E-state index contributed by atoms with van der Waals surface area (Å²) in [6, 6.07) is 21.3. The lowest BCUT2D eigenvalue weighted by molar-refractivity contribution is -0.0580. The van der Waals surface area contributed by atoms with Crippen LogP contribution in [-0.4, -0.2) is 106 Å². The molecule has 15 heteroatoms. The van der Waals surface area contributed by atoms with E-state index in [1.54, 1.807) is 35.9 Å². The summed E-state index contributed by atoms with van der Waals surface area (Å²) < 4.78 is 51.6. The van der Waals surface area contributed by atoms with E-state index in [9.17, 15) is 23.0 Å². The molecule has 1 heterocycles. The van der Waals surface area contributed by atoms with Crippen LogP contribution in [0.25, 0.3) is 0 Å². The summed E-state index contributed by atoms with van der Waals surface area (Å²) in [7, 11) is 1.38. The molecule has 0 radical (unpaired) electrons. The van der Waals surface area contributed by atoms with Gasteiger partial charge in [-0.15, -0.1) is 21.1 Å². The number of ether oxygens (including phenoxy) is 1. The van der Waals surface area contributed by atoms with Gasteiger partial charge in [0.1, 0.15) is 11.5 Å². The summed E-state index contributed by atoms with van der Waals surface area (Å²) in [4.78, 5) is 19.1. The Morgan fingerprint density at radius 2 is 1.77 bits per heavy atom. The molecule has 53 heavy (non-hydrogen) atoms. The topological polar surface area (TPSA) is 143 Å². The maximum Gasteiger partial charge on any atom is 0.285 e. The number of benzene rings is 3. The highest BCUT2D eigenvalue weighted by atomic mass is 32.2. The fraction of sp³-hybridized carbons (Fsp3) is 0.474. The number of thioether (sulfide) groups is 1. The van der Waals surface area contributed by atoms with Crippen LogP contribution in [0.3, 0.4) is 0 Å². The summed E-state index contributed by atoms with van der Waals surface area (Å²) >= 11 is 1.69. The standard InChI is InChI=1S/C38H49FN8O4S2/c1-45(2)20-17-30(27-52-32-10-5-4-6-11-32)42-35-14-13-33(25-36(35)43-48)53(49,50)44-37(41-28-40)47-23-21-46(22-24-47)31-15-18-38(51-3,19-16-31)26-29-9-7-8-12-34(29)39/h4-14,25,30-31,42H,15-24,26-27H2,1-3H3,(H,41,44)/t30-,31?,38?/m1/s1. The van der Waals surface area contributed by atoms with Gasteiger partial charge in [0.15, 0.2) is 6.19 Å². The first kappa shape index (κ1) is 40.1. The van der Waals surface area contributed by atoms with E-state index in [1.165, 1.54) is 18.2 Å². The minimum Gasteiger partial charge on any atom is -0.380 e. The number of nitrogens with zero attached hydrogens (tertiary/aromatic N) is 6. The highest BCUT2D eigenvalue weighted by Crippen LogP contribution is 2.37. The van der Waals surface area contributed by atoms with Crippen molar-refractivity contribution >= 4 is 39.1 Å². The first-order chi connectivity index (χ1) is 25.5. The van der Waals surface area contributed by atoms with Crippen LogP contribution >= 0.6 is 11.8 Å². The van der Waals surface area contributed by atoms with Crippen molar-refractivity contribution in [1.82, 2.24) is 20.0 Å². The second kappa shape index (κ2) is 18.8. The van der Waals surface area contributed by atoms with Crippen LogP contribution in [0.2, 0.25) is 0 Å². The van der Waals surface area contributed by atoms with E-state index in [1.807, 2.05) is 62.8 Å². The lowest BCUT2D eigenvalue weighted by atomic mass is 9.77. The molecule has 1 aliphatic heterocycles. The monoisotopic (exact) mass is 764 g/mol. The van der Waals surface area contributed by atoms with Crippen molar-refractivity contribution < 1.29 is 17.5 Å². The van der Waals surface area contributed by atoms with Crippen molar-refractivity contribution in [3.63, 3.8) is 0 Å². The van der Waals surface area contributed by atoms with Gasteiger partial charge in [-0.1, -0.05) is 36.4 Å². The fourth-order valence-electron chi connectivity index (χ4n) is 7.02. The molecule has 2 fully saturated rings. The molecule has 1 atom stereocenters. The van der Waals surface area contributed by atoms with Gasteiger partial charge in [-0.25, -0.2) is 4.39 Å². The van der Waals surface area contributed by atoms with Gasteiger partial charge in [-0.05, 0) is 99.9 Å². The molecule has 0 unspecified atom stereocenters. The Balaban J connectivity index is 1.22. The predicted octanol–water partition coefficient (Wildman–Crippen LogP) is 6.05. The molecule has 2 aliphatic rings. The molecule has 3 aromatic rings. The summed E-state index contributed by atoms with van der Waals surface area (Å²) in [6.07, 6.45) is 6.54. The van der Waals surface area contributed by atoms with Crippen molar-refractivity contribution in [3.8, 4) is 6.19 Å². The number of hydrogen-bond donors (Lipinski definition) is 2. The van der Waals surface area contributed by atoms with E-state index in [0.717, 1.165) is 49.3 Å². The van der Waals surface area contributed by atoms with Gasteiger partial charge in [0, 0.05) is 62.4 Å². The second-order valence-corrected chi connectivity index (χ2v) is 16.6. The van der Waals surface area contributed by atoms with Gasteiger partial charge in [-0.2, -0.15) is 13.7 Å². The smallest absolute Gasteiger partial charge is 0.285 e. The van der Waals surface area contributed by atoms with Crippen LogP contribution in [0.4, 0.5) is 15.8 Å². The largest absolute Gasteiger partial charge is 0.380 e. The van der Waals surface area contributed by atoms with Crippen molar-refractivity contribution in [2.24, 2.45) is 9.57 Å². The van der Waals surface area contributed by atoms with Crippen molar-refractivity contribution in [3.05, 3.63) is 89.1 Å². The molecule has 5 rings (SSSR count). The van der Waals surface area contributed by atoms with Gasteiger partial charge in [0.2, 0.25) is 5.96 Å². The molecule has 12 nitrogen and oxygen atoms in total. The number of guanidine groups is 1. The van der Waals surface area contributed by atoms with Crippen LogP contribution in [0.5, 0.6) is 0 Å². The van der Waals surface area contributed by atoms with E-state index in [4.69, 9.17) is 4.74 Å². The van der Waals surface area contributed by atoms with E-state index >= 15 is 0 Å². The average Bonchev–Trinajstić information content (AvgIpc) is 3.17. The minimum absolute atomic E-state index is 0.0244. The fourth-order valence-corrected chi connectivity index (χ4v) is 9.01. The predicted molar refractivity (Wildman–Crippen MR) is 208 cm³/mol. The molecule has 1 saturated heterocycles. The third kappa shape index (κ3) is 11.0. The van der Waals surface area contributed by atoms with Crippen LogP contribution in [0, 0.1) is 22.2 Å². The number of nitriles is 1. The Hall–Kier alpha value is -4.07. The lowest BCUT2D eigenvalue weighted by Gasteiger charge is -2.45. The first-order valence-electron chi connectivity index (χ1n) is 17.9. The lowest BCUT2D eigenvalue weighted by Crippen LogP contribution is -2.55. The number of nitroso groups, excluding NO2 is 1. The summed E-state index contributed by atoms with van der Waals surface area (Å²) in [5.41, 5.74) is 0.652. The quantitative estimate of drug-likeness (QED) is 0.0467. The number of halogens is 1. The molecule has 1 aliphatic carbocycles. The van der Waals surface area contributed by atoms with Crippen LogP contribution in [0.1, 0.15) is 37.7 Å². The molecule has 284 valence electrons. The number of hydrogen-bond acceptors (Lipinski definition) is 10.